The zero-order valence-corrected chi connectivity index (χ0v) is 37.5. The number of aliphatic hydroxyl groups excluding tert-OH is 1. The predicted molar refractivity (Wildman–Crippen MR) is 220 cm³/mol. The Bertz CT molecular complexity index is 1830. The van der Waals surface area contributed by atoms with Crippen LogP contribution in [0.5, 0.6) is 5.75 Å². The second-order valence-electron chi connectivity index (χ2n) is 17.9. The van der Waals surface area contributed by atoms with Crippen LogP contribution in [-0.4, -0.2) is 141 Å². The molecule has 4 heterocycles. The summed E-state index contributed by atoms with van der Waals surface area (Å²) < 4.78 is 54.9. The highest BCUT2D eigenvalue weighted by molar-refractivity contribution is 6.08. The number of Topliss-reactive ketones (excluding diaryl/α,β-unsaturated/α-hetero) is 2. The van der Waals surface area contributed by atoms with Crippen molar-refractivity contribution in [3.8, 4) is 5.75 Å². The fourth-order valence-corrected chi connectivity index (χ4v) is 9.46. The number of hydrogen-bond donors (Lipinski definition) is 1. The molecule has 61 heavy (non-hydrogen) atoms. The van der Waals surface area contributed by atoms with Gasteiger partial charge in [-0.25, -0.2) is 14.0 Å². The molecule has 3 fully saturated rings. The third-order valence-corrected chi connectivity index (χ3v) is 12.9. The number of ketones is 2. The van der Waals surface area contributed by atoms with E-state index in [0.717, 1.165) is 6.92 Å². The maximum absolute atomic E-state index is 16.9. The number of amides is 1. The first-order valence-corrected chi connectivity index (χ1v) is 21.4. The normalized spacial score (nSPS) is 36.7. The minimum absolute atomic E-state index is 0.0103. The molecule has 17 heteroatoms. The zero-order chi connectivity index (χ0) is 45.0. The molecule has 5 rings (SSSR count). The van der Waals surface area contributed by atoms with Gasteiger partial charge in [0.05, 0.1) is 30.0 Å². The number of fused-ring (bicyclic) bond motifs is 1. The van der Waals surface area contributed by atoms with Gasteiger partial charge in [-0.1, -0.05) is 51.1 Å². The lowest BCUT2D eigenvalue weighted by Gasteiger charge is -2.47. The molecule has 0 unspecified atom stereocenters. The number of nitrogens with zero attached hydrogens (tertiary/aromatic N) is 5. The Kier molecular flexibility index (Phi) is 15.4. The summed E-state index contributed by atoms with van der Waals surface area (Å²) >= 11 is 0. The second kappa shape index (κ2) is 19.6. The quantitative estimate of drug-likeness (QED) is 0.163. The molecule has 13 atom stereocenters. The number of carbonyl (C=O) groups excluding carboxylic acids is 4. The van der Waals surface area contributed by atoms with Crippen molar-refractivity contribution in [2.45, 2.75) is 160 Å². The van der Waals surface area contributed by atoms with E-state index in [-0.39, 0.29) is 43.9 Å². The van der Waals surface area contributed by atoms with Gasteiger partial charge >= 0.3 is 12.1 Å². The van der Waals surface area contributed by atoms with Crippen LogP contribution in [0.3, 0.4) is 0 Å². The molecule has 2 aromatic rings. The number of halogens is 1. The first-order chi connectivity index (χ1) is 28.7. The van der Waals surface area contributed by atoms with E-state index in [1.807, 2.05) is 56.3 Å². The van der Waals surface area contributed by atoms with Crippen molar-refractivity contribution in [1.29, 1.82) is 0 Å². The van der Waals surface area contributed by atoms with Gasteiger partial charge < -0.3 is 43.3 Å². The standard InChI is InChI=1S/C44H66FN5O11/c1-12-33-44(8)36(50(41(55)61-44)21-17-16-20-49-24-30(46-47-49)25-57-31-18-14-13-15-19-31)28(4)34(51)26(2)23-42(6,56-11)38(29(5)37(53)43(7,45)40(54)59-33)60-39-35(52)32(48(9)10)22-27(3)58-39/h13-15,18-19,24,26-29,32-33,35-36,38-39,52H,12,16-17,20-23,25H2,1-11H3/t26-,27-,28+,29+,32+,33-,35-,36-,38-,39+,42-,43+,44-/m1/s1. The summed E-state index contributed by atoms with van der Waals surface area (Å²) in [5, 5.41) is 19.8. The van der Waals surface area contributed by atoms with Gasteiger partial charge in [0.25, 0.3) is 5.67 Å². The van der Waals surface area contributed by atoms with E-state index in [9.17, 15) is 24.3 Å². The van der Waals surface area contributed by atoms with Gasteiger partial charge in [0.1, 0.15) is 36.0 Å². The molecule has 0 bridgehead atoms. The molecule has 0 saturated carbocycles. The van der Waals surface area contributed by atoms with Gasteiger partial charge in [-0.05, 0) is 86.0 Å². The van der Waals surface area contributed by atoms with Crippen LogP contribution in [0.1, 0.15) is 93.2 Å². The minimum atomic E-state index is -3.19. The number of ether oxygens (including phenoxy) is 6. The van der Waals surface area contributed by atoms with E-state index in [1.165, 1.54) is 18.9 Å². The minimum Gasteiger partial charge on any atom is -0.487 e. The summed E-state index contributed by atoms with van der Waals surface area (Å²) in [6.45, 7) is 13.4. The van der Waals surface area contributed by atoms with Crippen molar-refractivity contribution in [2.75, 3.05) is 27.7 Å². The number of aromatic nitrogens is 3. The third-order valence-electron chi connectivity index (χ3n) is 12.9. The van der Waals surface area contributed by atoms with Crippen LogP contribution >= 0.6 is 0 Å². The van der Waals surface area contributed by atoms with Crippen LogP contribution in [0.15, 0.2) is 36.5 Å². The highest BCUT2D eigenvalue weighted by Crippen LogP contribution is 2.43. The Balaban J connectivity index is 1.41. The monoisotopic (exact) mass is 859 g/mol. The highest BCUT2D eigenvalue weighted by Gasteiger charge is 2.61. The first kappa shape index (κ1) is 48.0. The van der Waals surface area contributed by atoms with E-state index < -0.39 is 83.1 Å². The van der Waals surface area contributed by atoms with Gasteiger partial charge in [0.15, 0.2) is 17.7 Å². The number of aryl methyl sites for hydroxylation is 1. The van der Waals surface area contributed by atoms with Crippen molar-refractivity contribution < 1.29 is 57.1 Å². The summed E-state index contributed by atoms with van der Waals surface area (Å²) in [6, 6.07) is 8.07. The number of likely N-dealkylation sites (N-methyl/N-ethyl adjacent to an activating group) is 1. The molecule has 3 aliphatic heterocycles. The molecule has 0 spiro atoms. The smallest absolute Gasteiger partial charge is 0.410 e. The van der Waals surface area contributed by atoms with Crippen molar-refractivity contribution in [2.24, 2.45) is 17.8 Å². The highest BCUT2D eigenvalue weighted by atomic mass is 19.1. The van der Waals surface area contributed by atoms with Gasteiger partial charge in [0, 0.05) is 44.0 Å². The number of aliphatic hydroxyl groups is 1. The molecule has 1 amide bonds. The average Bonchev–Trinajstić information content (AvgIpc) is 3.79. The number of cyclic esters (lactones) is 1. The molecule has 0 aliphatic carbocycles. The number of methoxy groups -OCH3 is 1. The van der Waals surface area contributed by atoms with Gasteiger partial charge in [-0.3, -0.25) is 14.3 Å². The van der Waals surface area contributed by atoms with Crippen molar-refractivity contribution >= 4 is 23.6 Å². The predicted octanol–water partition coefficient (Wildman–Crippen LogP) is 4.93. The number of benzene rings is 1. The van der Waals surface area contributed by atoms with E-state index in [2.05, 4.69) is 10.3 Å². The van der Waals surface area contributed by atoms with Crippen molar-refractivity contribution in [1.82, 2.24) is 24.8 Å². The summed E-state index contributed by atoms with van der Waals surface area (Å²) in [5.41, 5.74) is -5.60. The van der Waals surface area contributed by atoms with Crippen LogP contribution in [0, 0.1) is 17.8 Å². The lowest BCUT2D eigenvalue weighted by molar-refractivity contribution is -0.295. The summed E-state index contributed by atoms with van der Waals surface area (Å²) in [4.78, 5) is 60.1. The van der Waals surface area contributed by atoms with Crippen LogP contribution in [0.25, 0.3) is 0 Å². The molecule has 3 aliphatic rings. The topological polar surface area (TPSA) is 181 Å². The lowest BCUT2D eigenvalue weighted by Crippen LogP contribution is -2.61. The molecule has 1 N–H and O–H groups in total. The third kappa shape index (κ3) is 10.3. The summed E-state index contributed by atoms with van der Waals surface area (Å²) in [7, 11) is 5.04. The average molecular weight is 860 g/mol. The number of esters is 1. The molecule has 1 aromatic heterocycles. The van der Waals surface area contributed by atoms with Crippen LogP contribution < -0.4 is 4.74 Å². The van der Waals surface area contributed by atoms with E-state index in [4.69, 9.17) is 28.4 Å². The maximum Gasteiger partial charge on any atom is 0.410 e. The molecule has 340 valence electrons. The zero-order valence-electron chi connectivity index (χ0n) is 37.5. The number of hydrogen-bond acceptors (Lipinski definition) is 14. The van der Waals surface area contributed by atoms with Gasteiger partial charge in [0.2, 0.25) is 0 Å². The van der Waals surface area contributed by atoms with Gasteiger partial charge in [-0.15, -0.1) is 5.10 Å². The van der Waals surface area contributed by atoms with E-state index in [1.54, 1.807) is 45.5 Å². The van der Waals surface area contributed by atoms with Crippen molar-refractivity contribution in [3.05, 3.63) is 42.2 Å². The Labute approximate surface area is 358 Å². The number of para-hydroxylation sites is 1. The molecular weight excluding hydrogens is 794 g/mol. The number of rotatable bonds is 13. The Morgan fingerprint density at radius 3 is 2.31 bits per heavy atom. The second-order valence-corrected chi connectivity index (χ2v) is 17.9. The van der Waals surface area contributed by atoms with Crippen LogP contribution in [0.4, 0.5) is 9.18 Å². The van der Waals surface area contributed by atoms with E-state index >= 15 is 4.39 Å². The fourth-order valence-electron chi connectivity index (χ4n) is 9.46. The maximum atomic E-state index is 16.9. The van der Waals surface area contributed by atoms with Gasteiger partial charge in [-0.2, -0.15) is 0 Å². The Morgan fingerprint density at radius 1 is 1.00 bits per heavy atom. The van der Waals surface area contributed by atoms with Crippen LogP contribution in [-0.2, 0) is 51.2 Å². The molecule has 16 nitrogen and oxygen atoms in total. The first-order valence-electron chi connectivity index (χ1n) is 21.4. The number of unbranched alkanes of at least 4 members (excludes halogenated alkanes) is 1. The molecule has 0 radical (unpaired) electrons. The van der Waals surface area contributed by atoms with E-state index in [0.29, 0.717) is 37.3 Å². The lowest BCUT2D eigenvalue weighted by atomic mass is 9.73. The molecular formula is C44H66FN5O11. The Hall–Kier alpha value is -4.03. The molecule has 3 saturated heterocycles. The van der Waals surface area contributed by atoms with Crippen LogP contribution in [0.2, 0.25) is 0 Å². The largest absolute Gasteiger partial charge is 0.487 e. The number of alkyl halides is 1. The molecule has 1 aromatic carbocycles. The fraction of sp³-hybridized carbons (Fsp3) is 0.727. The summed E-state index contributed by atoms with van der Waals surface area (Å²) in [5.74, 6) is -5.13. The SMILES string of the molecule is CC[C@H]1OC(=O)[C@@](C)(F)C(=O)[C@H](C)[C@@H](O[C@@H]2O[C@H](C)C[C@H](N(C)C)[C@H]2O)[C@](C)(OC)C[C@@H](C)C(=O)[C@H](C)[C@H]2N(CCCCn3cc(COc4ccccc4)nn3)C(=O)O[C@]12C. The summed E-state index contributed by atoms with van der Waals surface area (Å²) in [6.07, 6.45) is -2.58. The Morgan fingerprint density at radius 2 is 1.67 bits per heavy atom. The van der Waals surface area contributed by atoms with Crippen molar-refractivity contribution in [3.63, 3.8) is 0 Å². The number of carbonyl (C=O) groups is 4.